The lowest BCUT2D eigenvalue weighted by Gasteiger charge is -2.34. The van der Waals surface area contributed by atoms with Crippen molar-refractivity contribution in [3.05, 3.63) is 95.6 Å². The third-order valence-corrected chi connectivity index (χ3v) is 7.92. The highest BCUT2D eigenvalue weighted by molar-refractivity contribution is 7.92. The summed E-state index contributed by atoms with van der Waals surface area (Å²) >= 11 is 0. The number of aryl methyl sites for hydroxylation is 1. The molecule has 3 aromatic rings. The Morgan fingerprint density at radius 3 is 2.17 bits per heavy atom. The molecule has 0 aliphatic rings. The minimum Gasteiger partial charge on any atom is -0.497 e. The maximum Gasteiger partial charge on any atom is 0.243 e. The number of nitrogens with zero attached hydrogens (tertiary/aromatic N) is 2. The highest BCUT2D eigenvalue weighted by atomic mass is 32.2. The lowest BCUT2D eigenvalue weighted by Crippen LogP contribution is -2.54. The van der Waals surface area contributed by atoms with Crippen molar-refractivity contribution in [3.63, 3.8) is 0 Å². The van der Waals surface area contributed by atoms with Crippen LogP contribution in [0.15, 0.2) is 78.9 Å². The molecule has 3 aromatic carbocycles. The van der Waals surface area contributed by atoms with Gasteiger partial charge in [-0.05, 0) is 69.5 Å². The zero-order chi connectivity index (χ0) is 30.9. The van der Waals surface area contributed by atoms with Crippen LogP contribution in [-0.4, -0.2) is 56.6 Å². The molecule has 42 heavy (non-hydrogen) atoms. The average Bonchev–Trinajstić information content (AvgIpc) is 2.92. The predicted octanol–water partition coefficient (Wildman–Crippen LogP) is 5.10. The molecule has 0 saturated heterocycles. The van der Waals surface area contributed by atoms with E-state index < -0.39 is 21.6 Å². The van der Waals surface area contributed by atoms with Crippen LogP contribution in [0.25, 0.3) is 0 Å². The predicted molar refractivity (Wildman–Crippen MR) is 168 cm³/mol. The third-order valence-electron chi connectivity index (χ3n) is 6.73. The second-order valence-corrected chi connectivity index (χ2v) is 13.5. The molecule has 0 radical (unpaired) electrons. The van der Waals surface area contributed by atoms with E-state index in [2.05, 4.69) is 5.32 Å². The van der Waals surface area contributed by atoms with Crippen molar-refractivity contribution >= 4 is 27.5 Å². The number of sulfonamides is 1. The largest absolute Gasteiger partial charge is 0.497 e. The van der Waals surface area contributed by atoms with Gasteiger partial charge >= 0.3 is 0 Å². The first kappa shape index (κ1) is 32.7. The topological polar surface area (TPSA) is 96.0 Å². The van der Waals surface area contributed by atoms with E-state index in [1.807, 2.05) is 94.4 Å². The van der Waals surface area contributed by atoms with Crippen LogP contribution in [0.4, 0.5) is 5.69 Å². The Bertz CT molecular complexity index is 1430. The van der Waals surface area contributed by atoms with E-state index in [1.54, 1.807) is 24.1 Å². The maximum atomic E-state index is 14.0. The van der Waals surface area contributed by atoms with Gasteiger partial charge in [0.2, 0.25) is 21.8 Å². The van der Waals surface area contributed by atoms with E-state index in [1.165, 1.54) is 4.31 Å². The third kappa shape index (κ3) is 9.91. The van der Waals surface area contributed by atoms with Crippen LogP contribution >= 0.6 is 0 Å². The van der Waals surface area contributed by atoms with Gasteiger partial charge in [0.05, 0.1) is 19.1 Å². The molecule has 0 aliphatic carbocycles. The fourth-order valence-corrected chi connectivity index (χ4v) is 5.65. The molecule has 0 aliphatic heterocycles. The summed E-state index contributed by atoms with van der Waals surface area (Å²) in [6.07, 6.45) is 1.84. The summed E-state index contributed by atoms with van der Waals surface area (Å²) in [6.45, 7) is 7.99. The molecule has 0 aromatic heterocycles. The van der Waals surface area contributed by atoms with Crippen LogP contribution in [0.3, 0.4) is 0 Å². The van der Waals surface area contributed by atoms with E-state index in [-0.39, 0.29) is 37.7 Å². The van der Waals surface area contributed by atoms with Crippen LogP contribution in [0.5, 0.6) is 5.75 Å². The molecule has 226 valence electrons. The number of hydrogen-bond acceptors (Lipinski definition) is 5. The van der Waals surface area contributed by atoms with Gasteiger partial charge in [-0.1, -0.05) is 60.2 Å². The van der Waals surface area contributed by atoms with Crippen LogP contribution < -0.4 is 14.4 Å². The van der Waals surface area contributed by atoms with Crippen molar-refractivity contribution in [2.45, 2.75) is 65.1 Å². The molecule has 0 spiro atoms. The number of amides is 2. The SMILES string of the molecule is COc1cccc(CN(C(=O)CCCN(c2ccc(C)cc2)S(C)(=O)=O)[C@H](Cc2ccccc2)C(=O)NC(C)(C)C)c1. The summed E-state index contributed by atoms with van der Waals surface area (Å²) in [6, 6.07) is 23.5. The summed E-state index contributed by atoms with van der Waals surface area (Å²) in [4.78, 5) is 29.3. The summed E-state index contributed by atoms with van der Waals surface area (Å²) in [7, 11) is -1.98. The van der Waals surface area contributed by atoms with Crippen LogP contribution in [0.2, 0.25) is 0 Å². The van der Waals surface area contributed by atoms with Crippen molar-refractivity contribution < 1.29 is 22.7 Å². The van der Waals surface area contributed by atoms with Crippen LogP contribution in [0, 0.1) is 6.92 Å². The number of carbonyl (C=O) groups is 2. The average molecular weight is 594 g/mol. The molecule has 0 heterocycles. The number of nitrogens with one attached hydrogen (secondary N) is 1. The summed E-state index contributed by atoms with van der Waals surface area (Å²) < 4.78 is 32.0. The number of anilines is 1. The van der Waals surface area contributed by atoms with Gasteiger partial charge in [0.1, 0.15) is 11.8 Å². The van der Waals surface area contributed by atoms with Crippen molar-refractivity contribution in [2.24, 2.45) is 0 Å². The van der Waals surface area contributed by atoms with Crippen molar-refractivity contribution in [3.8, 4) is 5.75 Å². The minimum atomic E-state index is -3.57. The highest BCUT2D eigenvalue weighted by Crippen LogP contribution is 2.22. The van der Waals surface area contributed by atoms with Crippen molar-refractivity contribution in [2.75, 3.05) is 24.2 Å². The van der Waals surface area contributed by atoms with E-state index >= 15 is 0 Å². The zero-order valence-electron chi connectivity index (χ0n) is 25.5. The number of ether oxygens (including phenoxy) is 1. The minimum absolute atomic E-state index is 0.0654. The standard InChI is InChI=1S/C33H43N3O5S/c1-25-17-19-28(20-18-25)36(42(6,39)40)21-11-16-31(37)35(24-27-14-10-15-29(22-27)41-5)30(32(38)34-33(2,3)4)23-26-12-8-7-9-13-26/h7-10,12-15,17-20,22,30H,11,16,21,23-24H2,1-6H3,(H,34,38)/t30-/m1/s1. The molecular formula is C33H43N3O5S. The number of hydrogen-bond donors (Lipinski definition) is 1. The van der Waals surface area contributed by atoms with Crippen LogP contribution in [0.1, 0.15) is 50.3 Å². The Morgan fingerprint density at radius 1 is 0.929 bits per heavy atom. The Morgan fingerprint density at radius 2 is 1.57 bits per heavy atom. The molecule has 0 bridgehead atoms. The number of benzene rings is 3. The molecule has 0 fully saturated rings. The smallest absolute Gasteiger partial charge is 0.243 e. The Kier molecular flexibility index (Phi) is 11.2. The van der Waals surface area contributed by atoms with Gasteiger partial charge in [0, 0.05) is 31.5 Å². The number of carbonyl (C=O) groups excluding carboxylic acids is 2. The Balaban J connectivity index is 1.91. The second-order valence-electron chi connectivity index (χ2n) is 11.6. The van der Waals surface area contributed by atoms with Crippen molar-refractivity contribution in [1.29, 1.82) is 0 Å². The van der Waals surface area contributed by atoms with Crippen LogP contribution in [-0.2, 0) is 32.6 Å². The first-order valence-electron chi connectivity index (χ1n) is 14.1. The normalized spacial score (nSPS) is 12.3. The lowest BCUT2D eigenvalue weighted by atomic mass is 10.00. The Labute approximate surface area is 250 Å². The van der Waals surface area contributed by atoms with E-state index in [0.717, 1.165) is 22.9 Å². The van der Waals surface area contributed by atoms with Gasteiger partial charge in [0.15, 0.2) is 0 Å². The first-order valence-corrected chi connectivity index (χ1v) is 15.9. The zero-order valence-corrected chi connectivity index (χ0v) is 26.3. The molecule has 8 nitrogen and oxygen atoms in total. The summed E-state index contributed by atoms with van der Waals surface area (Å²) in [5, 5.41) is 3.06. The summed E-state index contributed by atoms with van der Waals surface area (Å²) in [5.41, 5.74) is 2.82. The number of methoxy groups -OCH3 is 1. The molecule has 9 heteroatoms. The van der Waals surface area contributed by atoms with Gasteiger partial charge in [0.25, 0.3) is 0 Å². The summed E-state index contributed by atoms with van der Waals surface area (Å²) in [5.74, 6) is 0.167. The van der Waals surface area contributed by atoms with Gasteiger partial charge in [-0.25, -0.2) is 8.42 Å². The molecule has 1 N–H and O–H groups in total. The monoisotopic (exact) mass is 593 g/mol. The fraction of sp³-hybridized carbons (Fsp3) is 0.394. The first-order chi connectivity index (χ1) is 19.8. The van der Waals surface area contributed by atoms with E-state index in [0.29, 0.717) is 17.9 Å². The van der Waals surface area contributed by atoms with E-state index in [4.69, 9.17) is 4.74 Å². The molecule has 2 amide bonds. The second kappa shape index (κ2) is 14.4. The maximum absolute atomic E-state index is 14.0. The number of rotatable bonds is 13. The van der Waals surface area contributed by atoms with Gasteiger partial charge in [-0.15, -0.1) is 0 Å². The molecule has 3 rings (SSSR count). The highest BCUT2D eigenvalue weighted by Gasteiger charge is 2.32. The van der Waals surface area contributed by atoms with E-state index in [9.17, 15) is 18.0 Å². The lowest BCUT2D eigenvalue weighted by molar-refractivity contribution is -0.142. The molecule has 0 saturated carbocycles. The molecular weight excluding hydrogens is 550 g/mol. The molecule has 1 atom stereocenters. The Hall–Kier alpha value is -3.85. The molecule has 0 unspecified atom stereocenters. The fourth-order valence-electron chi connectivity index (χ4n) is 4.69. The quantitative estimate of drug-likeness (QED) is 0.297. The van der Waals surface area contributed by atoms with Gasteiger partial charge in [-0.2, -0.15) is 0 Å². The van der Waals surface area contributed by atoms with Gasteiger partial charge in [-0.3, -0.25) is 13.9 Å². The van der Waals surface area contributed by atoms with Gasteiger partial charge < -0.3 is 15.0 Å². The van der Waals surface area contributed by atoms with Crippen molar-refractivity contribution in [1.82, 2.24) is 10.2 Å².